The van der Waals surface area contributed by atoms with Crippen molar-refractivity contribution in [3.63, 3.8) is 0 Å². The van der Waals surface area contributed by atoms with E-state index < -0.39 is 0 Å². The zero-order valence-electron chi connectivity index (χ0n) is 9.74. The van der Waals surface area contributed by atoms with Crippen LogP contribution in [0.3, 0.4) is 0 Å². The number of nitrogens with one attached hydrogen (secondary N) is 1. The number of nitrogens with zero attached hydrogens (tertiary/aromatic N) is 1. The van der Waals surface area contributed by atoms with Gasteiger partial charge in [-0.05, 0) is 37.0 Å². The van der Waals surface area contributed by atoms with Crippen LogP contribution in [0.4, 0.5) is 15.8 Å². The van der Waals surface area contributed by atoms with Gasteiger partial charge < -0.3 is 10.2 Å². The Kier molecular flexibility index (Phi) is 2.31. The molecule has 90 valence electrons. The normalized spacial score (nSPS) is 27.2. The number of rotatable bonds is 0. The summed E-state index contributed by atoms with van der Waals surface area (Å²) in [7, 11) is 0. The lowest BCUT2D eigenvalue weighted by Gasteiger charge is -2.44. The molecule has 0 aromatic heterocycles. The Bertz CT molecular complexity index is 474. The maximum atomic E-state index is 13.2. The van der Waals surface area contributed by atoms with E-state index in [4.69, 9.17) is 0 Å². The van der Waals surface area contributed by atoms with Crippen LogP contribution in [-0.2, 0) is 4.79 Å². The third-order valence-corrected chi connectivity index (χ3v) is 3.73. The van der Waals surface area contributed by atoms with Crippen LogP contribution < -0.4 is 10.2 Å². The van der Waals surface area contributed by atoms with Crippen LogP contribution in [-0.4, -0.2) is 18.5 Å². The van der Waals surface area contributed by atoms with Gasteiger partial charge >= 0.3 is 0 Å². The second-order valence-corrected chi connectivity index (χ2v) is 4.91. The van der Waals surface area contributed by atoms with Crippen LogP contribution in [0, 0.1) is 11.7 Å². The number of piperidine rings is 1. The fourth-order valence-corrected chi connectivity index (χ4v) is 2.92. The lowest BCUT2D eigenvalue weighted by atomic mass is 9.88. The molecule has 0 aliphatic carbocycles. The summed E-state index contributed by atoms with van der Waals surface area (Å²) in [5.74, 6) is 0.0322. The van der Waals surface area contributed by atoms with Crippen LogP contribution in [0.15, 0.2) is 18.2 Å². The summed E-state index contributed by atoms with van der Waals surface area (Å²) in [4.78, 5) is 14.2. The van der Waals surface area contributed by atoms with Gasteiger partial charge in [0.05, 0.1) is 11.4 Å². The van der Waals surface area contributed by atoms with Crippen molar-refractivity contribution in [1.29, 1.82) is 0 Å². The minimum absolute atomic E-state index is 0.00435. The Morgan fingerprint density at radius 3 is 3.12 bits per heavy atom. The molecule has 2 atom stereocenters. The van der Waals surface area contributed by atoms with Gasteiger partial charge in [-0.25, -0.2) is 4.39 Å². The lowest BCUT2D eigenvalue weighted by Crippen LogP contribution is -2.54. The van der Waals surface area contributed by atoms with Gasteiger partial charge in [-0.1, -0.05) is 6.92 Å². The second-order valence-electron chi connectivity index (χ2n) is 4.91. The molecule has 0 bridgehead atoms. The summed E-state index contributed by atoms with van der Waals surface area (Å²) in [5, 5.41) is 2.81. The Hall–Kier alpha value is -1.58. The van der Waals surface area contributed by atoms with Crippen molar-refractivity contribution >= 4 is 17.3 Å². The first-order valence-corrected chi connectivity index (χ1v) is 6.04. The quantitative estimate of drug-likeness (QED) is 0.747. The maximum absolute atomic E-state index is 13.2. The number of halogens is 1. The topological polar surface area (TPSA) is 32.3 Å². The molecular formula is C13H15FN2O. The van der Waals surface area contributed by atoms with E-state index in [-0.39, 0.29) is 17.8 Å². The lowest BCUT2D eigenvalue weighted by molar-refractivity contribution is -0.119. The van der Waals surface area contributed by atoms with Crippen LogP contribution in [0.2, 0.25) is 0 Å². The van der Waals surface area contributed by atoms with Crippen molar-refractivity contribution in [2.45, 2.75) is 25.8 Å². The molecule has 3 nitrogen and oxygen atoms in total. The minimum atomic E-state index is -0.312. The van der Waals surface area contributed by atoms with Crippen LogP contribution in [0.25, 0.3) is 0 Å². The molecule has 0 spiro atoms. The first-order valence-electron chi connectivity index (χ1n) is 6.04. The van der Waals surface area contributed by atoms with Crippen molar-refractivity contribution in [2.75, 3.05) is 16.8 Å². The highest BCUT2D eigenvalue weighted by molar-refractivity contribution is 6.03. The van der Waals surface area contributed by atoms with Crippen molar-refractivity contribution < 1.29 is 9.18 Å². The number of carbonyl (C=O) groups is 1. The van der Waals surface area contributed by atoms with Gasteiger partial charge in [0.2, 0.25) is 5.91 Å². The number of hydrogen-bond acceptors (Lipinski definition) is 2. The Balaban J connectivity index is 2.07. The Labute approximate surface area is 99.6 Å². The largest absolute Gasteiger partial charge is 0.358 e. The van der Waals surface area contributed by atoms with E-state index in [1.807, 2.05) is 0 Å². The highest BCUT2D eigenvalue weighted by atomic mass is 19.1. The molecule has 2 aliphatic heterocycles. The molecule has 3 rings (SSSR count). The molecule has 1 aromatic carbocycles. The molecular weight excluding hydrogens is 219 g/mol. The zero-order chi connectivity index (χ0) is 12.0. The standard InChI is InChI=1S/C13H15FN2O/c1-8-3-2-6-16-11-5-4-9(14)7-10(11)15-13(17)12(8)16/h4-5,7-8,12H,2-3,6H2,1H3,(H,15,17). The van der Waals surface area contributed by atoms with Gasteiger partial charge in [0.1, 0.15) is 11.9 Å². The molecule has 1 fully saturated rings. The number of carbonyl (C=O) groups excluding carboxylic acids is 1. The van der Waals surface area contributed by atoms with Crippen LogP contribution >= 0.6 is 0 Å². The van der Waals surface area contributed by atoms with E-state index in [1.165, 1.54) is 12.1 Å². The molecule has 0 radical (unpaired) electrons. The number of fused-ring (bicyclic) bond motifs is 3. The van der Waals surface area contributed by atoms with E-state index in [1.54, 1.807) is 6.07 Å². The smallest absolute Gasteiger partial charge is 0.247 e. The van der Waals surface area contributed by atoms with Crippen molar-refractivity contribution in [3.8, 4) is 0 Å². The molecule has 2 aliphatic rings. The summed E-state index contributed by atoms with van der Waals surface area (Å²) >= 11 is 0. The summed E-state index contributed by atoms with van der Waals surface area (Å²) in [6.07, 6.45) is 2.16. The average molecular weight is 234 g/mol. The first kappa shape index (κ1) is 10.6. The molecule has 4 heteroatoms. The minimum Gasteiger partial charge on any atom is -0.358 e. The SMILES string of the molecule is CC1CCCN2c3ccc(F)cc3NC(=O)C12. The number of hydrogen-bond donors (Lipinski definition) is 1. The predicted octanol–water partition coefficient (Wildman–Crippen LogP) is 2.38. The highest BCUT2D eigenvalue weighted by Gasteiger charge is 2.38. The molecule has 1 amide bonds. The predicted molar refractivity (Wildman–Crippen MR) is 64.6 cm³/mol. The highest BCUT2D eigenvalue weighted by Crippen LogP contribution is 2.38. The first-order chi connectivity index (χ1) is 8.16. The van der Waals surface area contributed by atoms with Gasteiger partial charge in [-0.2, -0.15) is 0 Å². The van der Waals surface area contributed by atoms with Gasteiger partial charge in [-0.15, -0.1) is 0 Å². The summed E-state index contributed by atoms with van der Waals surface area (Å²) in [6.45, 7) is 2.98. The van der Waals surface area contributed by atoms with Crippen molar-refractivity contribution in [3.05, 3.63) is 24.0 Å². The van der Waals surface area contributed by atoms with E-state index in [0.717, 1.165) is 25.1 Å². The molecule has 2 unspecified atom stereocenters. The van der Waals surface area contributed by atoms with Gasteiger partial charge in [-0.3, -0.25) is 4.79 Å². The molecule has 17 heavy (non-hydrogen) atoms. The maximum Gasteiger partial charge on any atom is 0.247 e. The van der Waals surface area contributed by atoms with E-state index in [9.17, 15) is 9.18 Å². The number of anilines is 2. The van der Waals surface area contributed by atoms with E-state index in [0.29, 0.717) is 11.6 Å². The molecule has 1 aromatic rings. The average Bonchev–Trinajstić information content (AvgIpc) is 2.28. The third kappa shape index (κ3) is 1.59. The molecule has 2 heterocycles. The monoisotopic (exact) mass is 234 g/mol. The number of benzene rings is 1. The molecule has 0 saturated carbocycles. The van der Waals surface area contributed by atoms with Crippen molar-refractivity contribution in [1.82, 2.24) is 0 Å². The van der Waals surface area contributed by atoms with Crippen LogP contribution in [0.1, 0.15) is 19.8 Å². The fourth-order valence-electron chi connectivity index (χ4n) is 2.92. The third-order valence-electron chi connectivity index (χ3n) is 3.73. The summed E-state index contributed by atoms with van der Waals surface area (Å²) in [5.41, 5.74) is 1.54. The van der Waals surface area contributed by atoms with Gasteiger partial charge in [0.25, 0.3) is 0 Å². The molecule has 1 saturated heterocycles. The number of amides is 1. The Morgan fingerprint density at radius 2 is 2.29 bits per heavy atom. The van der Waals surface area contributed by atoms with E-state index in [2.05, 4.69) is 17.1 Å². The fraction of sp³-hybridized carbons (Fsp3) is 0.462. The summed E-state index contributed by atoms with van der Waals surface area (Å²) in [6, 6.07) is 4.51. The second kappa shape index (κ2) is 3.72. The van der Waals surface area contributed by atoms with E-state index >= 15 is 0 Å². The van der Waals surface area contributed by atoms with Crippen molar-refractivity contribution in [2.24, 2.45) is 5.92 Å². The summed E-state index contributed by atoms with van der Waals surface area (Å²) < 4.78 is 13.2. The Morgan fingerprint density at radius 1 is 1.47 bits per heavy atom. The van der Waals surface area contributed by atoms with Crippen LogP contribution in [0.5, 0.6) is 0 Å². The van der Waals surface area contributed by atoms with Gasteiger partial charge in [0, 0.05) is 6.54 Å². The zero-order valence-corrected chi connectivity index (χ0v) is 9.74. The van der Waals surface area contributed by atoms with Gasteiger partial charge in [0.15, 0.2) is 0 Å². The molecule has 1 N–H and O–H groups in total.